The van der Waals surface area contributed by atoms with Gasteiger partial charge in [-0.3, -0.25) is 9.69 Å². The van der Waals surface area contributed by atoms with E-state index in [1.54, 1.807) is 43.8 Å². The van der Waals surface area contributed by atoms with Gasteiger partial charge in [-0.05, 0) is 67.3 Å². The van der Waals surface area contributed by atoms with Crippen LogP contribution in [0.25, 0.3) is 0 Å². The molecular formula is C25H25N3O3S2. The van der Waals surface area contributed by atoms with Crippen LogP contribution in [0.5, 0.6) is 11.5 Å². The van der Waals surface area contributed by atoms with Crippen LogP contribution in [0.1, 0.15) is 23.4 Å². The first kappa shape index (κ1) is 22.8. The van der Waals surface area contributed by atoms with Gasteiger partial charge in [0.15, 0.2) is 5.11 Å². The van der Waals surface area contributed by atoms with Crippen LogP contribution >= 0.6 is 23.6 Å². The molecule has 0 spiro atoms. The third-order valence-electron chi connectivity index (χ3n) is 5.47. The second-order valence-electron chi connectivity index (χ2n) is 7.59. The molecule has 3 aromatic rings. The molecule has 0 saturated carbocycles. The number of carbonyl (C=O) groups excluding carboxylic acids is 1. The number of aryl methyl sites for hydroxylation is 1. The summed E-state index contributed by atoms with van der Waals surface area (Å²) in [7, 11) is 3.15. The Morgan fingerprint density at radius 2 is 1.91 bits per heavy atom. The Labute approximate surface area is 202 Å². The number of ether oxygens (including phenoxy) is 2. The van der Waals surface area contributed by atoms with Crippen LogP contribution in [0, 0.1) is 6.92 Å². The predicted octanol–water partition coefficient (Wildman–Crippen LogP) is 5.42. The number of benzene rings is 2. The summed E-state index contributed by atoms with van der Waals surface area (Å²) in [6.07, 6.45) is 0. The molecule has 2 heterocycles. The van der Waals surface area contributed by atoms with Crippen LogP contribution in [0.2, 0.25) is 0 Å². The zero-order chi connectivity index (χ0) is 23.5. The van der Waals surface area contributed by atoms with Crippen molar-refractivity contribution < 1.29 is 14.3 Å². The van der Waals surface area contributed by atoms with Crippen LogP contribution in [0.3, 0.4) is 0 Å². The lowest BCUT2D eigenvalue weighted by Gasteiger charge is -2.37. The smallest absolute Gasteiger partial charge is 0.255 e. The van der Waals surface area contributed by atoms with E-state index in [1.165, 1.54) is 0 Å². The Morgan fingerprint density at radius 1 is 1.09 bits per heavy atom. The summed E-state index contributed by atoms with van der Waals surface area (Å²) in [5.74, 6) is 0.922. The third kappa shape index (κ3) is 4.58. The van der Waals surface area contributed by atoms with Gasteiger partial charge in [0.05, 0.1) is 31.5 Å². The number of hydrogen-bond donors (Lipinski definition) is 2. The molecule has 0 saturated heterocycles. The number of thiocarbonyl (C=S) groups is 1. The average Bonchev–Trinajstić information content (AvgIpc) is 3.33. The number of anilines is 2. The highest BCUT2D eigenvalue weighted by molar-refractivity contribution is 7.80. The van der Waals surface area contributed by atoms with E-state index in [-0.39, 0.29) is 11.9 Å². The van der Waals surface area contributed by atoms with Crippen molar-refractivity contribution in [2.45, 2.75) is 19.9 Å². The lowest BCUT2D eigenvalue weighted by atomic mass is 9.99. The van der Waals surface area contributed by atoms with Gasteiger partial charge in [0.1, 0.15) is 11.5 Å². The van der Waals surface area contributed by atoms with Crippen LogP contribution < -0.4 is 25.0 Å². The number of methoxy groups -OCH3 is 2. The highest BCUT2D eigenvalue weighted by atomic mass is 32.1. The molecule has 8 heteroatoms. The largest absolute Gasteiger partial charge is 0.497 e. The average molecular weight is 480 g/mol. The van der Waals surface area contributed by atoms with Crippen LogP contribution in [0.15, 0.2) is 71.2 Å². The summed E-state index contributed by atoms with van der Waals surface area (Å²) in [6.45, 7) is 3.95. The number of nitrogens with zero attached hydrogens (tertiary/aromatic N) is 1. The number of allylic oxidation sites excluding steroid dienone is 1. The summed E-state index contributed by atoms with van der Waals surface area (Å²) in [6, 6.07) is 16.9. The number of amides is 1. The molecule has 6 nitrogen and oxygen atoms in total. The SMILES string of the molecule is COc1ccc(OC)c(NC(=O)C2=C(C)N(c3cccc(C)c3)C(=S)N[C@@H]2c2cccs2)c1. The van der Waals surface area contributed by atoms with Gasteiger partial charge >= 0.3 is 0 Å². The number of nitrogens with one attached hydrogen (secondary N) is 2. The van der Waals surface area contributed by atoms with Gasteiger partial charge in [-0.15, -0.1) is 11.3 Å². The lowest BCUT2D eigenvalue weighted by molar-refractivity contribution is -0.113. The van der Waals surface area contributed by atoms with Crippen molar-refractivity contribution in [1.29, 1.82) is 0 Å². The summed E-state index contributed by atoms with van der Waals surface area (Å²) < 4.78 is 10.8. The number of hydrogen-bond acceptors (Lipinski definition) is 5. The highest BCUT2D eigenvalue weighted by Crippen LogP contribution is 2.37. The Bertz CT molecular complexity index is 1220. The third-order valence-corrected chi connectivity index (χ3v) is 6.71. The first-order valence-electron chi connectivity index (χ1n) is 10.4. The van der Waals surface area contributed by atoms with Crippen molar-refractivity contribution in [1.82, 2.24) is 5.32 Å². The summed E-state index contributed by atoms with van der Waals surface area (Å²) in [4.78, 5) is 16.6. The maximum Gasteiger partial charge on any atom is 0.255 e. The molecule has 1 aromatic heterocycles. The molecule has 2 aromatic carbocycles. The van der Waals surface area contributed by atoms with Gasteiger partial charge in [-0.25, -0.2) is 0 Å². The summed E-state index contributed by atoms with van der Waals surface area (Å²) in [5.41, 5.74) is 3.89. The van der Waals surface area contributed by atoms with Gasteiger partial charge in [-0.2, -0.15) is 0 Å². The fourth-order valence-corrected chi connectivity index (χ4v) is 5.03. The first-order valence-corrected chi connectivity index (χ1v) is 11.7. The number of rotatable bonds is 6. The molecule has 0 radical (unpaired) electrons. The molecule has 4 rings (SSSR count). The Morgan fingerprint density at radius 3 is 2.58 bits per heavy atom. The molecule has 33 heavy (non-hydrogen) atoms. The molecule has 170 valence electrons. The molecule has 1 aliphatic heterocycles. The summed E-state index contributed by atoms with van der Waals surface area (Å²) in [5, 5.41) is 8.93. The second-order valence-corrected chi connectivity index (χ2v) is 8.96. The van der Waals surface area contributed by atoms with Gasteiger partial charge in [0.2, 0.25) is 0 Å². The van der Waals surface area contributed by atoms with Gasteiger partial charge in [-0.1, -0.05) is 18.2 Å². The predicted molar refractivity (Wildman–Crippen MR) is 137 cm³/mol. The van der Waals surface area contributed by atoms with E-state index in [0.717, 1.165) is 21.8 Å². The van der Waals surface area contributed by atoms with Crippen molar-refractivity contribution in [3.63, 3.8) is 0 Å². The zero-order valence-electron chi connectivity index (χ0n) is 18.8. The highest BCUT2D eigenvalue weighted by Gasteiger charge is 2.35. The molecular weight excluding hydrogens is 454 g/mol. The number of carbonyl (C=O) groups is 1. The fourth-order valence-electron chi connectivity index (χ4n) is 3.89. The molecule has 0 bridgehead atoms. The molecule has 0 aliphatic carbocycles. The standard InChI is InChI=1S/C25H25N3O3S2/c1-15-7-5-8-17(13-15)28-16(2)22(23(27-25(28)32)21-9-6-12-33-21)24(29)26-19-14-18(30-3)10-11-20(19)31-4/h5-14,23H,1-4H3,(H,26,29)(H,27,32)/t23-/m1/s1. The van der Waals surface area contributed by atoms with E-state index >= 15 is 0 Å². The minimum absolute atomic E-state index is 0.245. The van der Waals surface area contributed by atoms with Gasteiger partial charge < -0.3 is 20.1 Å². The van der Waals surface area contributed by atoms with Crippen LogP contribution in [-0.2, 0) is 4.79 Å². The van der Waals surface area contributed by atoms with E-state index in [2.05, 4.69) is 10.6 Å². The maximum absolute atomic E-state index is 13.7. The summed E-state index contributed by atoms with van der Waals surface area (Å²) >= 11 is 7.31. The van der Waals surface area contributed by atoms with Crippen molar-refractivity contribution in [3.05, 3.63) is 81.7 Å². The lowest BCUT2D eigenvalue weighted by Crippen LogP contribution is -2.48. The Hall–Kier alpha value is -3.36. The normalized spacial score (nSPS) is 15.8. The molecule has 0 fully saturated rings. The zero-order valence-corrected chi connectivity index (χ0v) is 20.5. The minimum atomic E-state index is -0.366. The Balaban J connectivity index is 1.80. The first-order chi connectivity index (χ1) is 15.9. The molecule has 0 unspecified atom stereocenters. The van der Waals surface area contributed by atoms with Crippen molar-refractivity contribution in [3.8, 4) is 11.5 Å². The van der Waals surface area contributed by atoms with Crippen LogP contribution in [0.4, 0.5) is 11.4 Å². The van der Waals surface area contributed by atoms with Crippen molar-refractivity contribution >= 4 is 45.9 Å². The van der Waals surface area contributed by atoms with Gasteiger partial charge in [0.25, 0.3) is 5.91 Å². The monoisotopic (exact) mass is 479 g/mol. The van der Waals surface area contributed by atoms with Crippen molar-refractivity contribution in [2.75, 3.05) is 24.4 Å². The quantitative estimate of drug-likeness (QED) is 0.460. The second kappa shape index (κ2) is 9.64. The minimum Gasteiger partial charge on any atom is -0.497 e. The van der Waals surface area contributed by atoms with Gasteiger partial charge in [0, 0.05) is 22.3 Å². The Kier molecular flexibility index (Phi) is 6.67. The molecule has 2 N–H and O–H groups in total. The van der Waals surface area contributed by atoms with Crippen LogP contribution in [-0.4, -0.2) is 25.2 Å². The van der Waals surface area contributed by atoms with E-state index < -0.39 is 0 Å². The molecule has 1 amide bonds. The van der Waals surface area contributed by atoms with Crippen molar-refractivity contribution in [2.24, 2.45) is 0 Å². The topological polar surface area (TPSA) is 62.8 Å². The number of thiophene rings is 1. The fraction of sp³-hybridized carbons (Fsp3) is 0.200. The van der Waals surface area contributed by atoms with E-state index in [4.69, 9.17) is 21.7 Å². The maximum atomic E-state index is 13.7. The molecule has 1 atom stereocenters. The van der Waals surface area contributed by atoms with E-state index in [0.29, 0.717) is 27.9 Å². The molecule has 1 aliphatic rings. The van der Waals surface area contributed by atoms with E-state index in [1.807, 2.05) is 60.5 Å². The van der Waals surface area contributed by atoms with E-state index in [9.17, 15) is 4.79 Å².